The summed E-state index contributed by atoms with van der Waals surface area (Å²) in [4.78, 5) is 0. The first-order valence-electron chi connectivity index (χ1n) is 6.27. The maximum atomic E-state index is 9.63. The van der Waals surface area contributed by atoms with Gasteiger partial charge in [0.05, 0.1) is 44.6 Å². The number of hydrogen-bond donors (Lipinski definition) is 2. The molecule has 0 aliphatic heterocycles. The first kappa shape index (κ1) is 15.2. The number of furan rings is 1. The fraction of sp³-hybridized carbons (Fsp3) is 0.692. The summed E-state index contributed by atoms with van der Waals surface area (Å²) in [5.74, 6) is 0. The molecule has 0 aliphatic rings. The van der Waals surface area contributed by atoms with Crippen LogP contribution in [0, 0.1) is 0 Å². The first-order chi connectivity index (χ1) is 8.68. The molecule has 0 fully saturated rings. The van der Waals surface area contributed by atoms with E-state index in [-0.39, 0.29) is 6.10 Å². The molecule has 0 spiro atoms. The van der Waals surface area contributed by atoms with Crippen molar-refractivity contribution in [2.75, 3.05) is 26.4 Å². The van der Waals surface area contributed by atoms with Crippen LogP contribution in [0.4, 0.5) is 0 Å². The van der Waals surface area contributed by atoms with Crippen molar-refractivity contribution in [2.45, 2.75) is 32.6 Å². The van der Waals surface area contributed by atoms with E-state index in [1.54, 1.807) is 12.5 Å². The summed E-state index contributed by atoms with van der Waals surface area (Å²) in [6.07, 6.45) is 3.02. The molecule has 0 saturated carbocycles. The van der Waals surface area contributed by atoms with Gasteiger partial charge in [0.25, 0.3) is 0 Å². The van der Waals surface area contributed by atoms with Crippen LogP contribution in [-0.4, -0.2) is 43.7 Å². The highest BCUT2D eigenvalue weighted by Gasteiger charge is 2.04. The average Bonchev–Trinajstić information content (AvgIpc) is 2.81. The first-order valence-corrected chi connectivity index (χ1v) is 6.27. The standard InChI is InChI=1S/C13H23NO4/c1-11(2)18-6-5-17-10-13(15)8-14-7-12-3-4-16-9-12/h3-4,9,11,13-15H,5-8,10H2,1-2H3. The van der Waals surface area contributed by atoms with Crippen LogP contribution >= 0.6 is 0 Å². The van der Waals surface area contributed by atoms with Crippen molar-refractivity contribution < 1.29 is 19.0 Å². The van der Waals surface area contributed by atoms with Gasteiger partial charge < -0.3 is 24.3 Å². The van der Waals surface area contributed by atoms with Crippen LogP contribution in [0.15, 0.2) is 23.0 Å². The van der Waals surface area contributed by atoms with Crippen LogP contribution in [0.2, 0.25) is 0 Å². The Labute approximate surface area is 108 Å². The van der Waals surface area contributed by atoms with Crippen molar-refractivity contribution in [3.05, 3.63) is 24.2 Å². The normalized spacial score (nSPS) is 13.1. The predicted octanol–water partition coefficient (Wildman–Crippen LogP) is 1.17. The van der Waals surface area contributed by atoms with Crippen molar-refractivity contribution >= 4 is 0 Å². The molecule has 1 unspecified atom stereocenters. The van der Waals surface area contributed by atoms with Crippen molar-refractivity contribution in [1.29, 1.82) is 0 Å². The Morgan fingerprint density at radius 3 is 2.89 bits per heavy atom. The van der Waals surface area contributed by atoms with E-state index in [1.165, 1.54) is 0 Å². The molecule has 0 saturated heterocycles. The van der Waals surface area contributed by atoms with Gasteiger partial charge in [0, 0.05) is 18.7 Å². The van der Waals surface area contributed by atoms with Crippen molar-refractivity contribution in [3.63, 3.8) is 0 Å². The predicted molar refractivity (Wildman–Crippen MR) is 68.3 cm³/mol. The summed E-state index contributed by atoms with van der Waals surface area (Å²) in [6.45, 7) is 6.53. The number of rotatable bonds is 10. The fourth-order valence-corrected chi connectivity index (χ4v) is 1.40. The van der Waals surface area contributed by atoms with Crippen LogP contribution in [-0.2, 0) is 16.0 Å². The molecular weight excluding hydrogens is 234 g/mol. The van der Waals surface area contributed by atoms with Gasteiger partial charge in [-0.1, -0.05) is 0 Å². The third-order valence-electron chi connectivity index (χ3n) is 2.28. The van der Waals surface area contributed by atoms with E-state index in [0.717, 1.165) is 5.56 Å². The molecule has 104 valence electrons. The summed E-state index contributed by atoms with van der Waals surface area (Å²) in [5, 5.41) is 12.8. The van der Waals surface area contributed by atoms with Gasteiger partial charge in [-0.15, -0.1) is 0 Å². The largest absolute Gasteiger partial charge is 0.472 e. The van der Waals surface area contributed by atoms with E-state index in [1.807, 2.05) is 19.9 Å². The lowest BCUT2D eigenvalue weighted by Crippen LogP contribution is -2.30. The van der Waals surface area contributed by atoms with Crippen LogP contribution < -0.4 is 5.32 Å². The molecule has 1 aromatic rings. The van der Waals surface area contributed by atoms with Crippen molar-refractivity contribution in [2.24, 2.45) is 0 Å². The molecule has 1 aromatic heterocycles. The highest BCUT2D eigenvalue weighted by Crippen LogP contribution is 1.98. The van der Waals surface area contributed by atoms with Crippen molar-refractivity contribution in [1.82, 2.24) is 5.32 Å². The Bertz CT molecular complexity index is 287. The highest BCUT2D eigenvalue weighted by molar-refractivity contribution is 5.04. The van der Waals surface area contributed by atoms with E-state index in [9.17, 15) is 5.11 Å². The molecule has 5 heteroatoms. The maximum Gasteiger partial charge on any atom is 0.0947 e. The van der Waals surface area contributed by atoms with Gasteiger partial charge in [0.1, 0.15) is 0 Å². The molecule has 0 aliphatic carbocycles. The van der Waals surface area contributed by atoms with E-state index in [0.29, 0.717) is 32.9 Å². The summed E-state index contributed by atoms with van der Waals surface area (Å²) >= 11 is 0. The molecule has 1 rings (SSSR count). The topological polar surface area (TPSA) is 63.9 Å². The number of aliphatic hydroxyl groups excluding tert-OH is 1. The Balaban J connectivity index is 1.92. The van der Waals surface area contributed by atoms with Crippen LogP contribution in [0.25, 0.3) is 0 Å². The molecule has 0 bridgehead atoms. The second kappa shape index (κ2) is 9.10. The van der Waals surface area contributed by atoms with Gasteiger partial charge >= 0.3 is 0 Å². The molecule has 0 aromatic carbocycles. The summed E-state index contributed by atoms with van der Waals surface area (Å²) < 4.78 is 15.6. The minimum Gasteiger partial charge on any atom is -0.472 e. The number of hydrogen-bond acceptors (Lipinski definition) is 5. The lowest BCUT2D eigenvalue weighted by Gasteiger charge is -2.12. The quantitative estimate of drug-likeness (QED) is 0.616. The molecule has 1 heterocycles. The zero-order valence-corrected chi connectivity index (χ0v) is 11.1. The van der Waals surface area contributed by atoms with Crippen LogP contribution in [0.1, 0.15) is 19.4 Å². The number of aliphatic hydroxyl groups is 1. The van der Waals surface area contributed by atoms with Gasteiger partial charge in [-0.2, -0.15) is 0 Å². The smallest absolute Gasteiger partial charge is 0.0947 e. The molecule has 0 radical (unpaired) electrons. The minimum absolute atomic E-state index is 0.218. The number of nitrogens with one attached hydrogen (secondary N) is 1. The van der Waals surface area contributed by atoms with E-state index >= 15 is 0 Å². The van der Waals surface area contributed by atoms with Gasteiger partial charge in [-0.3, -0.25) is 0 Å². The summed E-state index contributed by atoms with van der Waals surface area (Å²) in [6, 6.07) is 1.89. The second-order valence-electron chi connectivity index (χ2n) is 4.41. The monoisotopic (exact) mass is 257 g/mol. The lowest BCUT2D eigenvalue weighted by atomic mass is 10.3. The second-order valence-corrected chi connectivity index (χ2v) is 4.41. The van der Waals surface area contributed by atoms with Gasteiger partial charge in [-0.05, 0) is 19.9 Å². The van der Waals surface area contributed by atoms with E-state index in [2.05, 4.69) is 5.32 Å². The Hall–Kier alpha value is -0.880. The molecule has 18 heavy (non-hydrogen) atoms. The average molecular weight is 257 g/mol. The Morgan fingerprint density at radius 2 is 2.22 bits per heavy atom. The van der Waals surface area contributed by atoms with E-state index in [4.69, 9.17) is 13.9 Å². The molecule has 2 N–H and O–H groups in total. The lowest BCUT2D eigenvalue weighted by molar-refractivity contribution is -0.0100. The minimum atomic E-state index is -0.504. The molecular formula is C13H23NO4. The zero-order valence-electron chi connectivity index (χ0n) is 11.1. The van der Waals surface area contributed by atoms with E-state index < -0.39 is 6.10 Å². The fourth-order valence-electron chi connectivity index (χ4n) is 1.40. The van der Waals surface area contributed by atoms with Gasteiger partial charge in [0.2, 0.25) is 0 Å². The summed E-state index contributed by atoms with van der Waals surface area (Å²) in [7, 11) is 0. The highest BCUT2D eigenvalue weighted by atomic mass is 16.5. The Kier molecular flexibility index (Phi) is 7.68. The SMILES string of the molecule is CC(C)OCCOCC(O)CNCc1ccoc1. The van der Waals surface area contributed by atoms with Crippen LogP contribution in [0.3, 0.4) is 0 Å². The summed E-state index contributed by atoms with van der Waals surface area (Å²) in [5.41, 5.74) is 1.06. The third-order valence-corrected chi connectivity index (χ3v) is 2.28. The zero-order chi connectivity index (χ0) is 13.2. The molecule has 1 atom stereocenters. The molecule has 0 amide bonds. The number of ether oxygens (including phenoxy) is 2. The molecule has 5 nitrogen and oxygen atoms in total. The van der Waals surface area contributed by atoms with Gasteiger partial charge in [-0.25, -0.2) is 0 Å². The third kappa shape index (κ3) is 7.45. The van der Waals surface area contributed by atoms with Crippen molar-refractivity contribution in [3.8, 4) is 0 Å². The van der Waals surface area contributed by atoms with Gasteiger partial charge in [0.15, 0.2) is 0 Å². The Morgan fingerprint density at radius 1 is 1.39 bits per heavy atom. The van der Waals surface area contributed by atoms with Crippen LogP contribution in [0.5, 0.6) is 0 Å². The maximum absolute atomic E-state index is 9.63.